The average Bonchev–Trinajstić information content (AvgIpc) is 3.21. The molecular weight excluding hydrogens is 759 g/mol. The Morgan fingerprint density at radius 1 is 0.586 bits per heavy atom. The molecule has 3 atom stereocenters. The fourth-order valence-corrected chi connectivity index (χ4v) is 5.73. The first kappa shape index (κ1) is 54.6. The van der Waals surface area contributed by atoms with E-state index in [-0.39, 0.29) is 18.6 Å². The highest BCUT2D eigenvalue weighted by atomic mass is 31.2. The number of aliphatic hydroxyl groups excluding tert-OH is 2. The molecule has 0 aromatic carbocycles. The minimum Gasteiger partial charge on any atom is -0.462 e. The number of phosphoric acid groups is 1. The summed E-state index contributed by atoms with van der Waals surface area (Å²) in [6.07, 6.45) is 44.9. The summed E-state index contributed by atoms with van der Waals surface area (Å²) >= 11 is 0. The summed E-state index contributed by atoms with van der Waals surface area (Å²) in [5.74, 6) is -1.04. The maximum atomic E-state index is 12.6. The van der Waals surface area contributed by atoms with Gasteiger partial charge in [0.1, 0.15) is 12.7 Å². The highest BCUT2D eigenvalue weighted by Gasteiger charge is 2.27. The molecule has 12 heteroatoms. The number of ether oxygens (including phenoxy) is 2. The monoisotopic (exact) mass is 832 g/mol. The second-order valence-electron chi connectivity index (χ2n) is 13.7. The van der Waals surface area contributed by atoms with E-state index in [0.717, 1.165) is 77.0 Å². The van der Waals surface area contributed by atoms with Gasteiger partial charge in [-0.1, -0.05) is 137 Å². The maximum absolute atomic E-state index is 12.6. The van der Waals surface area contributed by atoms with Crippen LogP contribution in [0.15, 0.2) is 97.2 Å². The Balaban J connectivity index is 4.54. The van der Waals surface area contributed by atoms with Crippen LogP contribution in [0, 0.1) is 0 Å². The zero-order chi connectivity index (χ0) is 42.8. The molecule has 0 saturated heterocycles. The van der Waals surface area contributed by atoms with Crippen LogP contribution in [-0.2, 0) is 37.5 Å². The van der Waals surface area contributed by atoms with Gasteiger partial charge in [0.05, 0.1) is 19.8 Å². The Kier molecular flexibility index (Phi) is 38.0. The zero-order valence-corrected chi connectivity index (χ0v) is 36.1. The number of unbranched alkanes of at least 4 members (excludes halogenated alkanes) is 7. The van der Waals surface area contributed by atoms with Gasteiger partial charge in [0.2, 0.25) is 0 Å². The second-order valence-corrected chi connectivity index (χ2v) is 15.1. The zero-order valence-electron chi connectivity index (χ0n) is 35.2. The lowest BCUT2D eigenvalue weighted by Crippen LogP contribution is -2.29. The maximum Gasteiger partial charge on any atom is 0.472 e. The van der Waals surface area contributed by atoms with Crippen LogP contribution in [0.4, 0.5) is 0 Å². The van der Waals surface area contributed by atoms with E-state index >= 15 is 0 Å². The molecule has 0 fully saturated rings. The van der Waals surface area contributed by atoms with Crippen molar-refractivity contribution in [3.63, 3.8) is 0 Å². The third-order valence-electron chi connectivity index (χ3n) is 8.21. The van der Waals surface area contributed by atoms with Crippen molar-refractivity contribution in [3.05, 3.63) is 97.2 Å². The standard InChI is InChI=1S/C46H73O11P/c1-3-5-7-9-11-12-13-14-15-16-17-18-19-20-21-22-24-28-32-36-45(50)54-40-44(41-56-58(52,53)55-39-43(49)38-47)57-46(51)37-33-29-25-27-31-35-42(48)34-30-26-23-10-8-6-4-2/h5,7,11-12,14-15,17-18,20-21,23-24,26,28,30,34,43-44,47,49H,3-4,6,8-10,13,16,19,22,25,27,29,31-33,35-41H2,1-2H3,(H,52,53)/b7-5-,12-11-,15-14-,18-17-,21-20-,26-23-,28-24-,34-30+/t43-,44+/m0/s1. The molecule has 0 aromatic rings. The fraction of sp³-hybridized carbons (Fsp3) is 0.587. The largest absolute Gasteiger partial charge is 0.472 e. The number of carbonyl (C=O) groups is 3. The number of hydrogen-bond donors (Lipinski definition) is 3. The van der Waals surface area contributed by atoms with E-state index in [0.29, 0.717) is 19.3 Å². The van der Waals surface area contributed by atoms with Crippen LogP contribution in [0.2, 0.25) is 0 Å². The molecule has 0 bridgehead atoms. The van der Waals surface area contributed by atoms with Gasteiger partial charge in [-0.15, -0.1) is 0 Å². The quantitative estimate of drug-likeness (QED) is 0.0135. The van der Waals surface area contributed by atoms with Crippen LogP contribution < -0.4 is 0 Å². The molecule has 58 heavy (non-hydrogen) atoms. The Bertz CT molecular complexity index is 1340. The predicted octanol–water partition coefficient (Wildman–Crippen LogP) is 10.4. The number of esters is 2. The van der Waals surface area contributed by atoms with E-state index in [2.05, 4.69) is 85.2 Å². The number of phosphoric ester groups is 1. The highest BCUT2D eigenvalue weighted by Crippen LogP contribution is 2.43. The molecule has 1 unspecified atom stereocenters. The minimum absolute atomic E-state index is 0.0787. The van der Waals surface area contributed by atoms with Gasteiger partial charge < -0.3 is 24.6 Å². The van der Waals surface area contributed by atoms with E-state index < -0.39 is 58.4 Å². The first-order chi connectivity index (χ1) is 28.1. The molecule has 0 spiro atoms. The summed E-state index contributed by atoms with van der Waals surface area (Å²) < 4.78 is 32.5. The van der Waals surface area contributed by atoms with Crippen LogP contribution in [0.3, 0.4) is 0 Å². The lowest BCUT2D eigenvalue weighted by molar-refractivity contribution is -0.161. The highest BCUT2D eigenvalue weighted by molar-refractivity contribution is 7.47. The lowest BCUT2D eigenvalue weighted by atomic mass is 10.1. The van der Waals surface area contributed by atoms with Gasteiger partial charge in [0, 0.05) is 19.3 Å². The van der Waals surface area contributed by atoms with Gasteiger partial charge in [-0.25, -0.2) is 4.57 Å². The topological polar surface area (TPSA) is 166 Å². The molecular formula is C46H73O11P. The molecule has 0 heterocycles. The van der Waals surface area contributed by atoms with Crippen molar-refractivity contribution in [1.82, 2.24) is 0 Å². The van der Waals surface area contributed by atoms with E-state index in [1.807, 2.05) is 18.2 Å². The van der Waals surface area contributed by atoms with Crippen molar-refractivity contribution in [2.24, 2.45) is 0 Å². The van der Waals surface area contributed by atoms with Crippen LogP contribution >= 0.6 is 7.82 Å². The first-order valence-electron chi connectivity index (χ1n) is 21.1. The number of hydrogen-bond acceptors (Lipinski definition) is 10. The van der Waals surface area contributed by atoms with E-state index in [9.17, 15) is 28.9 Å². The number of ketones is 1. The molecule has 0 aliphatic carbocycles. The molecule has 0 aromatic heterocycles. The minimum atomic E-state index is -4.67. The van der Waals surface area contributed by atoms with Crippen LogP contribution in [0.25, 0.3) is 0 Å². The Morgan fingerprint density at radius 2 is 1.14 bits per heavy atom. The van der Waals surface area contributed by atoms with Crippen LogP contribution in [0.1, 0.15) is 136 Å². The third kappa shape index (κ3) is 39.4. The van der Waals surface area contributed by atoms with Gasteiger partial charge in [0.25, 0.3) is 0 Å². The summed E-state index contributed by atoms with van der Waals surface area (Å²) in [7, 11) is -4.67. The first-order valence-corrected chi connectivity index (χ1v) is 22.6. The summed E-state index contributed by atoms with van der Waals surface area (Å²) in [6, 6.07) is 0. The molecule has 0 aliphatic rings. The molecule has 0 rings (SSSR count). The lowest BCUT2D eigenvalue weighted by Gasteiger charge is -2.20. The fourth-order valence-electron chi connectivity index (χ4n) is 4.94. The van der Waals surface area contributed by atoms with E-state index in [1.165, 1.54) is 12.8 Å². The summed E-state index contributed by atoms with van der Waals surface area (Å²) in [5.41, 5.74) is 0. The smallest absolute Gasteiger partial charge is 0.462 e. The normalized spacial score (nSPS) is 14.7. The number of allylic oxidation sites excluding steroid dienone is 16. The van der Waals surface area contributed by atoms with Crippen molar-refractivity contribution in [1.29, 1.82) is 0 Å². The Morgan fingerprint density at radius 3 is 1.72 bits per heavy atom. The molecule has 11 nitrogen and oxygen atoms in total. The van der Waals surface area contributed by atoms with Crippen molar-refractivity contribution in [2.45, 2.75) is 148 Å². The molecule has 0 amide bonds. The van der Waals surface area contributed by atoms with Crippen molar-refractivity contribution < 1.29 is 52.6 Å². The summed E-state index contributed by atoms with van der Waals surface area (Å²) in [6.45, 7) is 1.96. The SMILES string of the molecule is CC/C=C\C/C=C\C/C=C\C/C=C\C/C=C\C/C=C\CCC(=O)OC[C@H](COP(=O)(O)OC[C@@H](O)CO)OC(=O)CCCCCCCC(=O)/C=C/C=C\CCCCC. The molecule has 0 radical (unpaired) electrons. The molecule has 3 N–H and O–H groups in total. The predicted molar refractivity (Wildman–Crippen MR) is 233 cm³/mol. The summed E-state index contributed by atoms with van der Waals surface area (Å²) in [5, 5.41) is 18.3. The molecule has 0 aliphatic heterocycles. The van der Waals surface area contributed by atoms with Gasteiger partial charge in [-0.05, 0) is 76.7 Å². The number of rotatable bonds is 38. The van der Waals surface area contributed by atoms with E-state index in [4.69, 9.17) is 19.1 Å². The average molecular weight is 833 g/mol. The number of aliphatic hydroxyl groups is 2. The van der Waals surface area contributed by atoms with Crippen molar-refractivity contribution >= 4 is 25.5 Å². The van der Waals surface area contributed by atoms with Crippen molar-refractivity contribution in [2.75, 3.05) is 26.4 Å². The Labute approximate surface area is 349 Å². The van der Waals surface area contributed by atoms with Gasteiger partial charge in [0.15, 0.2) is 11.9 Å². The molecule has 0 saturated carbocycles. The van der Waals surface area contributed by atoms with E-state index in [1.54, 1.807) is 12.2 Å². The number of carbonyl (C=O) groups excluding carboxylic acids is 3. The van der Waals surface area contributed by atoms with Crippen LogP contribution in [0.5, 0.6) is 0 Å². The molecule has 328 valence electrons. The van der Waals surface area contributed by atoms with Gasteiger partial charge in [-0.3, -0.25) is 23.4 Å². The van der Waals surface area contributed by atoms with Gasteiger partial charge >= 0.3 is 19.8 Å². The summed E-state index contributed by atoms with van der Waals surface area (Å²) in [4.78, 5) is 47.0. The third-order valence-corrected chi connectivity index (χ3v) is 9.16. The van der Waals surface area contributed by atoms with Gasteiger partial charge in [-0.2, -0.15) is 0 Å². The van der Waals surface area contributed by atoms with Crippen LogP contribution in [-0.4, -0.2) is 71.5 Å². The second kappa shape index (κ2) is 40.3. The van der Waals surface area contributed by atoms with Crippen molar-refractivity contribution in [3.8, 4) is 0 Å². The Hall–Kier alpha value is -3.44.